The molecule has 1 unspecified atom stereocenters. The summed E-state index contributed by atoms with van der Waals surface area (Å²) in [6.45, 7) is 30.9. The van der Waals surface area contributed by atoms with Gasteiger partial charge in [0.15, 0.2) is 5.78 Å². The van der Waals surface area contributed by atoms with Gasteiger partial charge >= 0.3 is 43.5 Å². The predicted octanol–water partition coefficient (Wildman–Crippen LogP) is 18.5. The highest BCUT2D eigenvalue weighted by molar-refractivity contribution is 7.59. The van der Waals surface area contributed by atoms with Gasteiger partial charge in [-0.1, -0.05) is 171 Å². The van der Waals surface area contributed by atoms with E-state index in [9.17, 15) is 38.1 Å². The SMILES string of the molecule is CC[C@@H](CC(=O)OCOC(=O)c1ccc(CCC(=O)[C@H](C)OP(C)(=O)OCc2ccccc2)cc1)c1ccc(N(CC(C)C)CC(C)C)c(NC(=O)Nc2ccc(C)cc2)c1.CC[C@@H](CC(=O)OCOC(=O)c1ccc(CN)cc1)c1ccc(N(CC(C)C)CC(C)C)c(NC(=O)Nc2ccc(C)cc2)c1.S. The lowest BCUT2D eigenvalue weighted by molar-refractivity contribution is -0.153. The molecular weight excluding hydrogens is 1390 g/mol. The van der Waals surface area contributed by atoms with Crippen molar-refractivity contribution in [2.45, 2.75) is 160 Å². The molecule has 0 bridgehead atoms. The minimum absolute atomic E-state index is 0. The first-order valence-corrected chi connectivity index (χ1v) is 38.6. The van der Waals surface area contributed by atoms with Crippen molar-refractivity contribution < 1.29 is 66.1 Å². The summed E-state index contributed by atoms with van der Waals surface area (Å²) in [5, 5.41) is 12.0. The Balaban J connectivity index is 0.000000398. The number of carbonyl (C=O) groups excluding carboxylic acids is 7. The summed E-state index contributed by atoms with van der Waals surface area (Å²) < 4.78 is 44.8. The van der Waals surface area contributed by atoms with Crippen LogP contribution in [0, 0.1) is 37.5 Å². The second kappa shape index (κ2) is 44.7. The molecular formula is C84H112N7O14PS. The molecule has 21 nitrogen and oxygen atoms in total. The lowest BCUT2D eigenvalue weighted by atomic mass is 9.92. The zero-order valence-corrected chi connectivity index (χ0v) is 66.6. The highest BCUT2D eigenvalue weighted by Crippen LogP contribution is 2.46. The van der Waals surface area contributed by atoms with Crippen molar-refractivity contribution in [3.05, 3.63) is 214 Å². The number of ketones is 1. The van der Waals surface area contributed by atoms with Crippen LogP contribution in [0.25, 0.3) is 0 Å². The van der Waals surface area contributed by atoms with Crippen LogP contribution in [0.15, 0.2) is 164 Å². The van der Waals surface area contributed by atoms with Gasteiger partial charge in [-0.3, -0.25) is 23.5 Å². The number of nitrogens with one attached hydrogen (secondary N) is 4. The third kappa shape index (κ3) is 31.2. The number of esters is 4. The summed E-state index contributed by atoms with van der Waals surface area (Å²) in [6, 6.07) is 49.0. The van der Waals surface area contributed by atoms with Gasteiger partial charge in [0.1, 0.15) is 6.10 Å². The Bertz CT molecular complexity index is 3990. The summed E-state index contributed by atoms with van der Waals surface area (Å²) >= 11 is 0. The second-order valence-corrected chi connectivity index (χ2v) is 30.4. The Morgan fingerprint density at radius 1 is 0.477 bits per heavy atom. The van der Waals surface area contributed by atoms with Crippen molar-refractivity contribution in [3.63, 3.8) is 0 Å². The van der Waals surface area contributed by atoms with Crippen LogP contribution in [-0.4, -0.2) is 94.3 Å². The van der Waals surface area contributed by atoms with E-state index in [0.717, 1.165) is 76.5 Å². The molecule has 578 valence electrons. The Morgan fingerprint density at radius 3 is 1.24 bits per heavy atom. The van der Waals surface area contributed by atoms with E-state index < -0.39 is 51.2 Å². The number of hydrogen-bond donors (Lipinski definition) is 5. The summed E-state index contributed by atoms with van der Waals surface area (Å²) in [7, 11) is -3.47. The van der Waals surface area contributed by atoms with Gasteiger partial charge in [0.2, 0.25) is 13.6 Å². The number of carbonyl (C=O) groups is 7. The first kappa shape index (κ1) is 88.3. The number of nitrogens with two attached hydrogens (primary N) is 1. The van der Waals surface area contributed by atoms with Gasteiger partial charge < -0.3 is 60.3 Å². The van der Waals surface area contributed by atoms with E-state index in [2.05, 4.69) is 86.5 Å². The molecule has 0 aromatic heterocycles. The summed E-state index contributed by atoms with van der Waals surface area (Å²) in [4.78, 5) is 94.7. The van der Waals surface area contributed by atoms with Gasteiger partial charge in [0.25, 0.3) is 0 Å². The largest absolute Gasteiger partial charge is 0.428 e. The van der Waals surface area contributed by atoms with Crippen LogP contribution in [0.3, 0.4) is 0 Å². The molecule has 0 heterocycles. The van der Waals surface area contributed by atoms with Gasteiger partial charge in [-0.2, -0.15) is 13.5 Å². The van der Waals surface area contributed by atoms with E-state index in [-0.39, 0.29) is 74.6 Å². The number of anilines is 6. The van der Waals surface area contributed by atoms with Crippen LogP contribution in [0.1, 0.15) is 180 Å². The van der Waals surface area contributed by atoms with Crippen molar-refractivity contribution in [1.29, 1.82) is 0 Å². The minimum Gasteiger partial charge on any atom is -0.428 e. The summed E-state index contributed by atoms with van der Waals surface area (Å²) in [5.41, 5.74) is 17.2. The Kier molecular flexibility index (Phi) is 36.9. The zero-order valence-electron chi connectivity index (χ0n) is 64.7. The number of urea groups is 2. The standard InChI is InChI=1S/C48H62N3O9P.C36H48N4O5.H2S/c1-9-39(41-22-25-44(51(29-33(2)3)30-34(4)5)43(27-41)50-48(55)49-42-23-15-35(6)16-24-42)28-46(53)57-32-58-47(54)40-20-17-37(18-21-40)19-26-45(52)36(7)60-61(8,56)59-31-38-13-11-10-12-14-38;1-7-28(19-34(41)44-23-45-35(42)29-12-10-27(20-37)11-13-29)30-14-17-33(40(21-24(2)3)22-25(4)5)32(18-30)39-36(43)38-31-15-8-26(6)9-16-31;/h10-18,20-25,27,33-34,36,39H,9,19,26,28-32H2,1-8H3,(H2,49,50,55);8-18,24-25,28H,7,19-23,37H2,1-6H3,(H2,38,39,43);1H2/t36-,39-,61?;28-;/m00./s1. The second-order valence-electron chi connectivity index (χ2n) is 28.4. The van der Waals surface area contributed by atoms with E-state index in [1.165, 1.54) is 6.66 Å². The summed E-state index contributed by atoms with van der Waals surface area (Å²) in [5.74, 6) is -1.30. The monoisotopic (exact) mass is 1510 g/mol. The minimum atomic E-state index is -3.47. The lowest BCUT2D eigenvalue weighted by Gasteiger charge is -2.31. The molecule has 23 heteroatoms. The van der Waals surface area contributed by atoms with Crippen LogP contribution in [0.4, 0.5) is 43.7 Å². The normalized spacial score (nSPS) is 12.4. The van der Waals surface area contributed by atoms with Crippen LogP contribution < -0.4 is 36.8 Å². The van der Waals surface area contributed by atoms with Crippen LogP contribution >= 0.6 is 21.1 Å². The fourth-order valence-electron chi connectivity index (χ4n) is 11.7. The van der Waals surface area contributed by atoms with Crippen LogP contribution in [0.5, 0.6) is 0 Å². The zero-order chi connectivity index (χ0) is 77.5. The van der Waals surface area contributed by atoms with Gasteiger partial charge in [0, 0.05) is 57.2 Å². The molecule has 6 N–H and O–H groups in total. The molecule has 0 radical (unpaired) electrons. The maximum atomic E-state index is 13.3. The number of hydrogen-bond acceptors (Lipinski definition) is 17. The van der Waals surface area contributed by atoms with E-state index in [0.29, 0.717) is 77.8 Å². The first-order chi connectivity index (χ1) is 50.5. The number of benzene rings is 7. The molecule has 7 aromatic carbocycles. The van der Waals surface area contributed by atoms with Crippen molar-refractivity contribution in [2.75, 3.05) is 77.5 Å². The van der Waals surface area contributed by atoms with Crippen LogP contribution in [-0.2, 0) is 66.5 Å². The average molecular weight is 1510 g/mol. The molecule has 0 saturated carbocycles. The molecule has 7 aromatic rings. The van der Waals surface area contributed by atoms with Crippen LogP contribution in [0.2, 0.25) is 0 Å². The highest BCUT2D eigenvalue weighted by Gasteiger charge is 2.27. The van der Waals surface area contributed by atoms with E-state index >= 15 is 0 Å². The quantitative estimate of drug-likeness (QED) is 0.0137. The Labute approximate surface area is 640 Å². The molecule has 0 fully saturated rings. The molecule has 7 rings (SSSR count). The smallest absolute Gasteiger partial charge is 0.340 e. The van der Waals surface area contributed by atoms with Crippen molar-refractivity contribution in [3.8, 4) is 0 Å². The molecule has 4 amide bonds. The average Bonchev–Trinajstić information content (AvgIpc) is 0.816. The van der Waals surface area contributed by atoms with Crippen molar-refractivity contribution in [2.24, 2.45) is 29.4 Å². The molecule has 0 spiro atoms. The highest BCUT2D eigenvalue weighted by atomic mass is 32.1. The van der Waals surface area contributed by atoms with Crippen molar-refractivity contribution in [1.82, 2.24) is 0 Å². The third-order valence-corrected chi connectivity index (χ3v) is 18.4. The fraction of sp³-hybridized carbons (Fsp3) is 0.417. The number of rotatable bonds is 38. The molecule has 0 aliphatic rings. The topological polar surface area (TPSA) is 273 Å². The molecule has 0 saturated heterocycles. The van der Waals surface area contributed by atoms with Gasteiger partial charge in [0.05, 0.1) is 53.3 Å². The lowest BCUT2D eigenvalue weighted by Crippen LogP contribution is -2.32. The predicted molar refractivity (Wildman–Crippen MR) is 432 cm³/mol. The number of nitrogens with zero attached hydrogens (tertiary/aromatic N) is 2. The number of amides is 4. The van der Waals surface area contributed by atoms with Gasteiger partial charge in [-0.05, 0) is 176 Å². The number of aryl methyl sites for hydroxylation is 3. The van der Waals surface area contributed by atoms with E-state index in [1.807, 2.05) is 143 Å². The van der Waals surface area contributed by atoms with Gasteiger partial charge in [-0.25, -0.2) is 19.2 Å². The third-order valence-electron chi connectivity index (χ3n) is 17.1. The summed E-state index contributed by atoms with van der Waals surface area (Å²) in [6.07, 6.45) is 1.02. The maximum Gasteiger partial charge on any atom is 0.340 e. The Morgan fingerprint density at radius 2 is 0.869 bits per heavy atom. The van der Waals surface area contributed by atoms with Crippen molar-refractivity contribution >= 4 is 96.9 Å². The maximum absolute atomic E-state index is 13.3. The van der Waals surface area contributed by atoms with Gasteiger partial charge in [-0.15, -0.1) is 0 Å². The molecule has 4 atom stereocenters. The number of Topliss-reactive ketones (excluding diaryl/α,β-unsaturated/α-hetero) is 1. The fourth-order valence-corrected chi connectivity index (χ4v) is 12.8. The number of ether oxygens (including phenoxy) is 4. The first-order valence-electron chi connectivity index (χ1n) is 36.6. The molecule has 0 aliphatic carbocycles. The molecule has 0 aliphatic heterocycles. The Hall–Kier alpha value is -9.31. The van der Waals surface area contributed by atoms with E-state index in [4.69, 9.17) is 33.7 Å². The van der Waals surface area contributed by atoms with E-state index in [1.54, 1.807) is 55.5 Å². The molecule has 107 heavy (non-hydrogen) atoms.